The Morgan fingerprint density at radius 3 is 2.81 bits per heavy atom. The average molecular weight is 633 g/mol. The Balaban J connectivity index is 1.09. The fourth-order valence-electron chi connectivity index (χ4n) is 12.5. The molecule has 1 aliphatic carbocycles. The normalized spacial score (nSPS) is 38.5. The molecule has 246 valence electrons. The third kappa shape index (κ3) is 3.71. The molecule has 6 aliphatic heterocycles. The highest BCUT2D eigenvalue weighted by Crippen LogP contribution is 2.65. The van der Waals surface area contributed by atoms with Crippen LogP contribution in [0.5, 0.6) is 0 Å². The molecule has 1 aromatic heterocycles. The number of anilines is 1. The van der Waals surface area contributed by atoms with Gasteiger partial charge in [-0.15, -0.1) is 0 Å². The van der Waals surface area contributed by atoms with Gasteiger partial charge in [0.05, 0.1) is 19.8 Å². The molecular weight excluding hydrogens is 584 g/mol. The van der Waals surface area contributed by atoms with Crippen LogP contribution in [0.1, 0.15) is 62.4 Å². The SMILES string of the molecule is C/C=C1/CN2CCc3c([nH]c4ccccc34)[C@@H]2C[C@@H]1[C@@H](C(=O)OC)[C@@H]1OC[C@H]2[C@H]3C[C@@H]4N(CC[C@@]45c4ccccc4N1[C@@H]25)C[C@H]3CC. The van der Waals surface area contributed by atoms with E-state index in [1.807, 2.05) is 0 Å². The van der Waals surface area contributed by atoms with Crippen molar-refractivity contribution in [2.45, 2.75) is 75.7 Å². The van der Waals surface area contributed by atoms with Gasteiger partial charge in [-0.3, -0.25) is 14.6 Å². The molecule has 0 amide bonds. The topological polar surface area (TPSA) is 61.0 Å². The molecule has 1 saturated carbocycles. The lowest BCUT2D eigenvalue weighted by molar-refractivity contribution is -0.165. The number of carbonyl (C=O) groups excluding carboxylic acids is 1. The zero-order valence-corrected chi connectivity index (χ0v) is 28.0. The maximum Gasteiger partial charge on any atom is 0.313 e. The zero-order chi connectivity index (χ0) is 31.6. The molecule has 7 heterocycles. The van der Waals surface area contributed by atoms with Crippen molar-refractivity contribution in [1.29, 1.82) is 0 Å². The quantitative estimate of drug-likeness (QED) is 0.279. The third-order valence-corrected chi connectivity index (χ3v) is 14.3. The van der Waals surface area contributed by atoms with E-state index in [9.17, 15) is 4.79 Å². The Hall–Kier alpha value is -3.13. The van der Waals surface area contributed by atoms with Gasteiger partial charge >= 0.3 is 5.97 Å². The van der Waals surface area contributed by atoms with Gasteiger partial charge in [0.25, 0.3) is 0 Å². The van der Waals surface area contributed by atoms with Crippen LogP contribution in [0.15, 0.2) is 60.2 Å². The fraction of sp³-hybridized carbons (Fsp3) is 0.575. The van der Waals surface area contributed by atoms with Gasteiger partial charge in [-0.05, 0) is 74.2 Å². The monoisotopic (exact) mass is 632 g/mol. The first-order chi connectivity index (χ1) is 23.1. The van der Waals surface area contributed by atoms with Gasteiger partial charge in [-0.25, -0.2) is 0 Å². The summed E-state index contributed by atoms with van der Waals surface area (Å²) in [6.45, 7) is 9.62. The number of aromatic nitrogens is 1. The van der Waals surface area contributed by atoms with Crippen LogP contribution in [0, 0.1) is 29.6 Å². The fourth-order valence-corrected chi connectivity index (χ4v) is 12.5. The number of esters is 1. The van der Waals surface area contributed by atoms with Crippen LogP contribution >= 0.6 is 0 Å². The van der Waals surface area contributed by atoms with E-state index in [0.29, 0.717) is 29.8 Å². The molecule has 47 heavy (non-hydrogen) atoms. The first kappa shape index (κ1) is 28.8. The summed E-state index contributed by atoms with van der Waals surface area (Å²) in [6, 6.07) is 19.1. The van der Waals surface area contributed by atoms with Gasteiger partial charge in [0.1, 0.15) is 12.1 Å². The van der Waals surface area contributed by atoms with Crippen LogP contribution in [-0.2, 0) is 26.1 Å². The van der Waals surface area contributed by atoms with E-state index in [2.05, 4.69) is 88.1 Å². The van der Waals surface area contributed by atoms with E-state index in [1.165, 1.54) is 71.3 Å². The lowest BCUT2D eigenvalue weighted by Gasteiger charge is -2.61. The van der Waals surface area contributed by atoms with Crippen LogP contribution in [0.4, 0.5) is 5.69 Å². The lowest BCUT2D eigenvalue weighted by atomic mass is 9.54. The highest BCUT2D eigenvalue weighted by Gasteiger charge is 2.70. The molecule has 7 aliphatic rings. The molecule has 4 saturated heterocycles. The highest BCUT2D eigenvalue weighted by atomic mass is 16.5. The standard InChI is InChI=1S/C40H48N4O3/c1-4-23-21-43-17-15-40-30-11-7-9-13-32(30)44-37(40)29(27(23)19-34(40)43)22-47-38(44)35(39(45)46-3)28-18-33-36-26(14-16-42(33)20-24(28)5-2)25-10-6-8-12-31(25)41-36/h5-13,23,27-29,33-35,37-38,41H,4,14-22H2,1-3H3/b24-5-/t23-,27+,28+,29+,33+,34+,35-,37+,38+,40-/m1/s1. The number of nitrogens with zero attached hydrogens (tertiary/aromatic N) is 3. The molecular formula is C40H48N4O3. The van der Waals surface area contributed by atoms with E-state index >= 15 is 0 Å². The number of H-pyrrole nitrogens is 1. The summed E-state index contributed by atoms with van der Waals surface area (Å²) < 4.78 is 12.9. The van der Waals surface area contributed by atoms with Crippen molar-refractivity contribution in [3.05, 3.63) is 77.0 Å². The second-order valence-electron chi connectivity index (χ2n) is 15.7. The van der Waals surface area contributed by atoms with Gasteiger partial charge in [0, 0.05) is 71.3 Å². The molecule has 7 nitrogen and oxygen atoms in total. The summed E-state index contributed by atoms with van der Waals surface area (Å²) in [5.41, 5.74) is 8.28. The smallest absolute Gasteiger partial charge is 0.313 e. The molecule has 0 unspecified atom stereocenters. The number of aromatic amines is 1. The molecule has 1 N–H and O–H groups in total. The minimum absolute atomic E-state index is 0.0304. The first-order valence-corrected chi connectivity index (χ1v) is 18.4. The number of methoxy groups -OCH3 is 1. The van der Waals surface area contributed by atoms with Gasteiger partial charge in [-0.1, -0.05) is 61.4 Å². The van der Waals surface area contributed by atoms with Gasteiger partial charge in [-0.2, -0.15) is 0 Å². The Labute approximate surface area is 278 Å². The maximum absolute atomic E-state index is 14.3. The van der Waals surface area contributed by atoms with Gasteiger partial charge < -0.3 is 19.4 Å². The number of hydrogen-bond acceptors (Lipinski definition) is 6. The molecule has 10 rings (SSSR count). The molecule has 10 atom stereocenters. The largest absolute Gasteiger partial charge is 0.469 e. The highest BCUT2D eigenvalue weighted by molar-refractivity contribution is 5.85. The number of fused-ring (bicyclic) bond motifs is 9. The van der Waals surface area contributed by atoms with Gasteiger partial charge in [0.2, 0.25) is 0 Å². The van der Waals surface area contributed by atoms with Crippen LogP contribution in [-0.4, -0.2) is 79.0 Å². The zero-order valence-electron chi connectivity index (χ0n) is 28.0. The summed E-state index contributed by atoms with van der Waals surface area (Å²) in [6.07, 6.45) is 7.58. The number of carbonyl (C=O) groups is 1. The Morgan fingerprint density at radius 2 is 1.96 bits per heavy atom. The van der Waals surface area contributed by atoms with Crippen LogP contribution < -0.4 is 4.90 Å². The minimum atomic E-state index is -0.409. The summed E-state index contributed by atoms with van der Waals surface area (Å²) in [7, 11) is 1.58. The number of allylic oxidation sites excluding steroid dienone is 1. The van der Waals surface area contributed by atoms with Crippen molar-refractivity contribution in [2.75, 3.05) is 44.8 Å². The summed E-state index contributed by atoms with van der Waals surface area (Å²) in [5.74, 6) is 1.35. The van der Waals surface area contributed by atoms with E-state index < -0.39 is 5.92 Å². The van der Waals surface area contributed by atoms with Crippen molar-refractivity contribution in [2.24, 2.45) is 29.6 Å². The summed E-state index contributed by atoms with van der Waals surface area (Å²) >= 11 is 0. The van der Waals surface area contributed by atoms with Crippen molar-refractivity contribution >= 4 is 22.6 Å². The van der Waals surface area contributed by atoms with Gasteiger partial charge in [0.15, 0.2) is 0 Å². The summed E-state index contributed by atoms with van der Waals surface area (Å²) in [4.78, 5) is 26.3. The van der Waals surface area contributed by atoms with Crippen molar-refractivity contribution in [3.63, 3.8) is 0 Å². The minimum Gasteiger partial charge on any atom is -0.469 e. The van der Waals surface area contributed by atoms with Crippen LogP contribution in [0.3, 0.4) is 0 Å². The number of piperidine rings is 2. The molecule has 1 spiro atoms. The number of ether oxygens (including phenoxy) is 2. The Kier molecular flexibility index (Phi) is 6.40. The van der Waals surface area contributed by atoms with E-state index in [-0.39, 0.29) is 29.6 Å². The number of nitrogens with one attached hydrogen (secondary N) is 1. The molecule has 3 aromatic rings. The first-order valence-electron chi connectivity index (χ1n) is 18.4. The number of para-hydroxylation sites is 2. The van der Waals surface area contributed by atoms with Crippen molar-refractivity contribution in [3.8, 4) is 0 Å². The molecule has 2 bridgehead atoms. The predicted molar refractivity (Wildman–Crippen MR) is 183 cm³/mol. The second kappa shape index (κ2) is 10.4. The van der Waals surface area contributed by atoms with Crippen molar-refractivity contribution in [1.82, 2.24) is 14.8 Å². The molecule has 2 aromatic carbocycles. The molecule has 7 heteroatoms. The number of rotatable bonds is 4. The third-order valence-electron chi connectivity index (χ3n) is 14.3. The van der Waals surface area contributed by atoms with E-state index in [4.69, 9.17) is 9.47 Å². The number of hydrogen-bond donors (Lipinski definition) is 1. The van der Waals surface area contributed by atoms with Crippen molar-refractivity contribution < 1.29 is 14.3 Å². The second-order valence-corrected chi connectivity index (χ2v) is 15.7. The van der Waals surface area contributed by atoms with E-state index in [1.54, 1.807) is 7.11 Å². The predicted octanol–water partition coefficient (Wildman–Crippen LogP) is 6.06. The van der Waals surface area contributed by atoms with Crippen LogP contribution in [0.25, 0.3) is 10.9 Å². The maximum atomic E-state index is 14.3. The average Bonchev–Trinajstić information content (AvgIpc) is 3.80. The summed E-state index contributed by atoms with van der Waals surface area (Å²) in [5, 5.41) is 1.35. The van der Waals surface area contributed by atoms with Crippen LogP contribution in [0.2, 0.25) is 0 Å². The molecule has 5 fully saturated rings. The molecule has 0 radical (unpaired) electrons. The Morgan fingerprint density at radius 1 is 1.11 bits per heavy atom. The number of benzene rings is 2. The van der Waals surface area contributed by atoms with E-state index in [0.717, 1.165) is 32.5 Å². The lowest BCUT2D eigenvalue weighted by Crippen LogP contribution is -2.71. The Bertz CT molecular complexity index is 1780.